The van der Waals surface area contributed by atoms with E-state index in [4.69, 9.17) is 4.74 Å². The van der Waals surface area contributed by atoms with Gasteiger partial charge in [0.05, 0.1) is 19.0 Å². The molecule has 4 aromatic rings. The minimum atomic E-state index is -0.172. The van der Waals surface area contributed by atoms with Crippen LogP contribution in [0, 0.1) is 0 Å². The summed E-state index contributed by atoms with van der Waals surface area (Å²) in [4.78, 5) is 20.3. The highest BCUT2D eigenvalue weighted by molar-refractivity contribution is 6.04. The number of nitrogens with zero attached hydrogens (tertiary/aromatic N) is 1. The number of imidazole rings is 1. The molecule has 0 aliphatic heterocycles. The van der Waals surface area contributed by atoms with E-state index in [0.29, 0.717) is 17.0 Å². The van der Waals surface area contributed by atoms with Gasteiger partial charge in [0.25, 0.3) is 5.91 Å². The number of H-pyrrole nitrogens is 1. The minimum absolute atomic E-state index is 0. The molecule has 0 atom stereocenters. The van der Waals surface area contributed by atoms with E-state index in [0.717, 1.165) is 22.6 Å². The fraction of sp³-hybridized carbons (Fsp3) is 0.0435. The maximum atomic E-state index is 12.5. The number of ether oxygens (including phenoxy) is 1. The molecular weight excluding hydrogens is 386 g/mol. The molecule has 146 valence electrons. The number of rotatable bonds is 5. The molecule has 0 saturated carbocycles. The van der Waals surface area contributed by atoms with Gasteiger partial charge in [-0.05, 0) is 36.4 Å². The van der Waals surface area contributed by atoms with E-state index in [2.05, 4.69) is 15.3 Å². The van der Waals surface area contributed by atoms with Gasteiger partial charge >= 0.3 is 0 Å². The number of hydrogen-bond donors (Lipinski definition) is 2. The van der Waals surface area contributed by atoms with Crippen molar-refractivity contribution in [2.75, 3.05) is 12.4 Å². The van der Waals surface area contributed by atoms with Gasteiger partial charge in [0.2, 0.25) is 0 Å². The average Bonchev–Trinajstić information content (AvgIpc) is 3.25. The van der Waals surface area contributed by atoms with Crippen molar-refractivity contribution >= 4 is 24.0 Å². The smallest absolute Gasteiger partial charge is 0.255 e. The third-order valence-corrected chi connectivity index (χ3v) is 4.41. The highest BCUT2D eigenvalue weighted by atomic mass is 35.5. The van der Waals surface area contributed by atoms with E-state index in [1.54, 1.807) is 37.6 Å². The second-order valence-electron chi connectivity index (χ2n) is 6.27. The Morgan fingerprint density at radius 3 is 2.38 bits per heavy atom. The standard InChI is InChI=1S/C23H19N3O2.ClH/c1-28-20-12-10-17(11-13-20)23(27)25-19-9-5-8-18(14-19)21-15-24-22(26-21)16-6-3-2-4-7-16;/h2-15H,1H3,(H,24,26)(H,25,27);1H. The van der Waals surface area contributed by atoms with Crippen LogP contribution in [0.3, 0.4) is 0 Å². The van der Waals surface area contributed by atoms with Crippen LogP contribution in [0.4, 0.5) is 5.69 Å². The van der Waals surface area contributed by atoms with Crippen LogP contribution in [-0.2, 0) is 0 Å². The molecule has 29 heavy (non-hydrogen) atoms. The third-order valence-electron chi connectivity index (χ3n) is 4.41. The first-order chi connectivity index (χ1) is 13.7. The second kappa shape index (κ2) is 9.08. The minimum Gasteiger partial charge on any atom is -0.497 e. The average molecular weight is 406 g/mol. The first-order valence-electron chi connectivity index (χ1n) is 8.89. The van der Waals surface area contributed by atoms with E-state index in [1.165, 1.54) is 0 Å². The lowest BCUT2D eigenvalue weighted by Gasteiger charge is -2.07. The van der Waals surface area contributed by atoms with Crippen molar-refractivity contribution in [3.63, 3.8) is 0 Å². The van der Waals surface area contributed by atoms with Crippen LogP contribution in [-0.4, -0.2) is 23.0 Å². The van der Waals surface area contributed by atoms with Gasteiger partial charge in [-0.15, -0.1) is 12.4 Å². The van der Waals surface area contributed by atoms with Crippen molar-refractivity contribution < 1.29 is 9.53 Å². The SMILES string of the molecule is COc1ccc(C(=O)Nc2cccc(-c3cnc(-c4ccccc4)[nH]3)c2)cc1.Cl. The van der Waals surface area contributed by atoms with Crippen molar-refractivity contribution in [1.82, 2.24) is 9.97 Å². The summed E-state index contributed by atoms with van der Waals surface area (Å²) in [6.45, 7) is 0. The van der Waals surface area contributed by atoms with E-state index < -0.39 is 0 Å². The first kappa shape index (κ1) is 20.2. The number of benzene rings is 3. The zero-order chi connectivity index (χ0) is 19.3. The summed E-state index contributed by atoms with van der Waals surface area (Å²) in [7, 11) is 1.60. The van der Waals surface area contributed by atoms with Gasteiger partial charge in [0.1, 0.15) is 11.6 Å². The highest BCUT2D eigenvalue weighted by Gasteiger charge is 2.09. The maximum absolute atomic E-state index is 12.5. The Labute approximate surface area is 175 Å². The van der Waals surface area contributed by atoms with Gasteiger partial charge in [-0.3, -0.25) is 4.79 Å². The van der Waals surface area contributed by atoms with Crippen LogP contribution in [0.1, 0.15) is 10.4 Å². The number of aromatic nitrogens is 2. The third kappa shape index (κ3) is 4.65. The number of amides is 1. The summed E-state index contributed by atoms with van der Waals surface area (Å²) in [6, 6.07) is 24.6. The molecule has 2 N–H and O–H groups in total. The molecule has 1 aromatic heterocycles. The predicted octanol–water partition coefficient (Wildman–Crippen LogP) is 5.43. The molecule has 0 aliphatic carbocycles. The Kier molecular flexibility index (Phi) is 6.32. The summed E-state index contributed by atoms with van der Waals surface area (Å²) in [5.74, 6) is 1.35. The fourth-order valence-corrected chi connectivity index (χ4v) is 2.92. The zero-order valence-electron chi connectivity index (χ0n) is 15.8. The summed E-state index contributed by atoms with van der Waals surface area (Å²) < 4.78 is 5.12. The summed E-state index contributed by atoms with van der Waals surface area (Å²) in [5.41, 5.74) is 4.15. The normalized spacial score (nSPS) is 10.1. The van der Waals surface area contributed by atoms with E-state index in [9.17, 15) is 4.79 Å². The highest BCUT2D eigenvalue weighted by Crippen LogP contribution is 2.24. The number of anilines is 1. The van der Waals surface area contributed by atoms with Crippen molar-refractivity contribution in [1.29, 1.82) is 0 Å². The molecule has 3 aromatic carbocycles. The van der Waals surface area contributed by atoms with Crippen LogP contribution < -0.4 is 10.1 Å². The maximum Gasteiger partial charge on any atom is 0.255 e. The summed E-state index contributed by atoms with van der Waals surface area (Å²) >= 11 is 0. The Bertz CT molecular complexity index is 1090. The lowest BCUT2D eigenvalue weighted by Crippen LogP contribution is -2.11. The van der Waals surface area contributed by atoms with Crippen molar-refractivity contribution in [2.24, 2.45) is 0 Å². The van der Waals surface area contributed by atoms with Gasteiger partial charge < -0.3 is 15.0 Å². The van der Waals surface area contributed by atoms with Gasteiger partial charge in [0, 0.05) is 22.4 Å². The molecule has 0 bridgehead atoms. The second-order valence-corrected chi connectivity index (χ2v) is 6.27. The Hall–Kier alpha value is -3.57. The van der Waals surface area contributed by atoms with Crippen LogP contribution >= 0.6 is 12.4 Å². The molecule has 1 amide bonds. The van der Waals surface area contributed by atoms with Crippen LogP contribution in [0.15, 0.2) is 85.1 Å². The Morgan fingerprint density at radius 2 is 1.66 bits per heavy atom. The first-order valence-corrected chi connectivity index (χ1v) is 8.89. The molecule has 0 unspecified atom stereocenters. The van der Waals surface area contributed by atoms with Gasteiger partial charge in [-0.25, -0.2) is 4.98 Å². The number of hydrogen-bond acceptors (Lipinski definition) is 3. The largest absolute Gasteiger partial charge is 0.497 e. The van der Waals surface area contributed by atoms with Gasteiger partial charge in [0.15, 0.2) is 0 Å². The number of carbonyl (C=O) groups excluding carboxylic acids is 1. The van der Waals surface area contributed by atoms with E-state index in [-0.39, 0.29) is 18.3 Å². The number of aromatic amines is 1. The van der Waals surface area contributed by atoms with Gasteiger partial charge in [-0.2, -0.15) is 0 Å². The molecule has 0 spiro atoms. The molecule has 4 rings (SSSR count). The molecule has 1 heterocycles. The lowest BCUT2D eigenvalue weighted by molar-refractivity contribution is 0.102. The quantitative estimate of drug-likeness (QED) is 0.465. The Balaban J connectivity index is 0.00000240. The zero-order valence-corrected chi connectivity index (χ0v) is 16.6. The molecule has 5 nitrogen and oxygen atoms in total. The number of methoxy groups -OCH3 is 1. The molecule has 0 radical (unpaired) electrons. The van der Waals surface area contributed by atoms with Crippen molar-refractivity contribution in [3.05, 3.63) is 90.6 Å². The van der Waals surface area contributed by atoms with E-state index >= 15 is 0 Å². The predicted molar refractivity (Wildman–Crippen MR) is 118 cm³/mol. The number of carbonyl (C=O) groups is 1. The monoisotopic (exact) mass is 405 g/mol. The van der Waals surface area contributed by atoms with Gasteiger partial charge in [-0.1, -0.05) is 42.5 Å². The van der Waals surface area contributed by atoms with Crippen LogP contribution in [0.5, 0.6) is 5.75 Å². The van der Waals surface area contributed by atoms with E-state index in [1.807, 2.05) is 54.6 Å². The number of halogens is 1. The van der Waals surface area contributed by atoms with Crippen LogP contribution in [0.25, 0.3) is 22.6 Å². The summed E-state index contributed by atoms with van der Waals surface area (Å²) in [6.07, 6.45) is 1.80. The Morgan fingerprint density at radius 1 is 0.931 bits per heavy atom. The van der Waals surface area contributed by atoms with Crippen LogP contribution in [0.2, 0.25) is 0 Å². The number of nitrogens with one attached hydrogen (secondary N) is 2. The fourth-order valence-electron chi connectivity index (χ4n) is 2.92. The molecular formula is C23H20ClN3O2. The van der Waals surface area contributed by atoms with Crippen molar-refractivity contribution in [3.8, 4) is 28.4 Å². The van der Waals surface area contributed by atoms with Crippen molar-refractivity contribution in [2.45, 2.75) is 0 Å². The lowest BCUT2D eigenvalue weighted by atomic mass is 10.1. The molecule has 0 aliphatic rings. The molecule has 6 heteroatoms. The molecule has 0 saturated heterocycles. The molecule has 0 fully saturated rings. The summed E-state index contributed by atoms with van der Waals surface area (Å²) in [5, 5.41) is 2.93. The topological polar surface area (TPSA) is 67.0 Å².